The number of sulfone groups is 1. The Morgan fingerprint density at radius 2 is 1.73 bits per heavy atom. The lowest BCUT2D eigenvalue weighted by atomic mass is 10.0. The molecule has 0 aliphatic carbocycles. The number of alkyl halides is 3. The highest BCUT2D eigenvalue weighted by Gasteiger charge is 2.37. The largest absolute Gasteiger partial charge is 0.417 e. The highest BCUT2D eigenvalue weighted by molar-refractivity contribution is 7.91. The fourth-order valence-electron chi connectivity index (χ4n) is 4.16. The number of benzene rings is 2. The maximum absolute atomic E-state index is 14.5. The number of pyridine rings is 1. The summed E-state index contributed by atoms with van der Waals surface area (Å²) >= 11 is 0.990. The van der Waals surface area contributed by atoms with Crippen LogP contribution < -0.4 is 5.56 Å². The van der Waals surface area contributed by atoms with Crippen LogP contribution in [0.15, 0.2) is 63.6 Å². The highest BCUT2D eigenvalue weighted by atomic mass is 32.2. The van der Waals surface area contributed by atoms with Crippen molar-refractivity contribution < 1.29 is 30.4 Å². The van der Waals surface area contributed by atoms with Gasteiger partial charge in [0.1, 0.15) is 23.3 Å². The lowest BCUT2D eigenvalue weighted by Crippen LogP contribution is -2.28. The van der Waals surface area contributed by atoms with Crippen molar-refractivity contribution in [3.63, 3.8) is 0 Å². The van der Waals surface area contributed by atoms with Crippen LogP contribution in [0, 0.1) is 23.0 Å². The fraction of sp³-hybridized carbons (Fsp3) is 0.214. The summed E-state index contributed by atoms with van der Waals surface area (Å²) in [6.07, 6.45) is -4.50. The highest BCUT2D eigenvalue weighted by Crippen LogP contribution is 2.38. The monoisotopic (exact) mass is 592 g/mol. The molecule has 2 aromatic heterocycles. The first kappa shape index (κ1) is 29.2. The zero-order chi connectivity index (χ0) is 29.4. The number of hydrogen-bond acceptors (Lipinski definition) is 5. The van der Waals surface area contributed by atoms with Crippen molar-refractivity contribution in [2.45, 2.75) is 37.9 Å². The molecule has 208 valence electrons. The number of rotatable bonds is 7. The molecule has 0 spiro atoms. The predicted molar refractivity (Wildman–Crippen MR) is 142 cm³/mol. The predicted octanol–water partition coefficient (Wildman–Crippen LogP) is 6.82. The third-order valence-electron chi connectivity index (χ3n) is 6.36. The SMILES string of the molecule is CCc1cc(-c2csc(-c3cc(C(F)(F)F)c(C#N)c(=O)n3Cc3ccc(F)cc3F)c2)cc(S(=O)(=O)CC)c1. The number of hydrogen-bond donors (Lipinski definition) is 0. The Labute approximate surface area is 230 Å². The maximum atomic E-state index is 14.5. The minimum Gasteiger partial charge on any atom is -0.302 e. The van der Waals surface area contributed by atoms with E-state index in [1.165, 1.54) is 25.1 Å². The molecule has 0 unspecified atom stereocenters. The van der Waals surface area contributed by atoms with Gasteiger partial charge in [0.25, 0.3) is 5.56 Å². The lowest BCUT2D eigenvalue weighted by molar-refractivity contribution is -0.137. The molecule has 5 nitrogen and oxygen atoms in total. The third kappa shape index (κ3) is 5.71. The molecular weight excluding hydrogens is 571 g/mol. The molecule has 4 rings (SSSR count). The van der Waals surface area contributed by atoms with Crippen LogP contribution in [-0.4, -0.2) is 18.7 Å². The van der Waals surface area contributed by atoms with Crippen LogP contribution in [0.25, 0.3) is 21.7 Å². The Kier molecular flexibility index (Phi) is 8.01. The molecule has 0 bridgehead atoms. The normalized spacial score (nSPS) is 11.9. The van der Waals surface area contributed by atoms with E-state index in [0.29, 0.717) is 29.7 Å². The lowest BCUT2D eigenvalue weighted by Gasteiger charge is -2.17. The van der Waals surface area contributed by atoms with Crippen molar-refractivity contribution in [1.29, 1.82) is 5.26 Å². The number of nitriles is 1. The number of thiophene rings is 1. The van der Waals surface area contributed by atoms with Crippen LogP contribution in [0.5, 0.6) is 0 Å². The van der Waals surface area contributed by atoms with Gasteiger partial charge < -0.3 is 4.57 Å². The molecule has 0 radical (unpaired) electrons. The second kappa shape index (κ2) is 11.0. The molecule has 2 aromatic carbocycles. The summed E-state index contributed by atoms with van der Waals surface area (Å²) in [6.45, 7) is 2.80. The standard InChI is InChI=1S/C28H21F5N2O3S2/c1-3-16-7-18(9-21(8-16)40(37,38)4-2)19-10-26(39-15-19)25-12-23(28(31,32)33)22(13-34)27(36)35(25)14-17-5-6-20(29)11-24(17)30/h5-12,15H,3-4,14H2,1-2H3. The van der Waals surface area contributed by atoms with E-state index < -0.39 is 50.9 Å². The first-order chi connectivity index (χ1) is 18.8. The van der Waals surface area contributed by atoms with Gasteiger partial charge in [0.05, 0.1) is 33.3 Å². The van der Waals surface area contributed by atoms with E-state index in [1.54, 1.807) is 17.5 Å². The van der Waals surface area contributed by atoms with E-state index in [9.17, 15) is 40.4 Å². The molecule has 0 aliphatic heterocycles. The van der Waals surface area contributed by atoms with Gasteiger partial charge in [-0.15, -0.1) is 11.3 Å². The van der Waals surface area contributed by atoms with Gasteiger partial charge in [0, 0.05) is 11.6 Å². The average molecular weight is 593 g/mol. The molecule has 0 fully saturated rings. The summed E-state index contributed by atoms with van der Waals surface area (Å²) in [5.41, 5.74) is -2.54. The van der Waals surface area contributed by atoms with Crippen LogP contribution in [0.4, 0.5) is 22.0 Å². The van der Waals surface area contributed by atoms with Gasteiger partial charge in [-0.25, -0.2) is 17.2 Å². The van der Waals surface area contributed by atoms with Gasteiger partial charge in [-0.05, 0) is 58.8 Å². The van der Waals surface area contributed by atoms with Gasteiger partial charge in [0.15, 0.2) is 9.84 Å². The first-order valence-electron chi connectivity index (χ1n) is 11.9. The van der Waals surface area contributed by atoms with Gasteiger partial charge in [-0.1, -0.05) is 26.0 Å². The molecule has 0 aliphatic rings. The van der Waals surface area contributed by atoms with Crippen molar-refractivity contribution in [3.05, 3.63) is 98.2 Å². The molecule has 40 heavy (non-hydrogen) atoms. The van der Waals surface area contributed by atoms with Crippen LogP contribution in [0.3, 0.4) is 0 Å². The van der Waals surface area contributed by atoms with E-state index in [1.807, 2.05) is 6.92 Å². The van der Waals surface area contributed by atoms with Crippen molar-refractivity contribution in [3.8, 4) is 27.8 Å². The molecule has 0 N–H and O–H groups in total. The Morgan fingerprint density at radius 1 is 1.00 bits per heavy atom. The average Bonchev–Trinajstić information content (AvgIpc) is 3.40. The van der Waals surface area contributed by atoms with Crippen molar-refractivity contribution in [1.82, 2.24) is 4.57 Å². The van der Waals surface area contributed by atoms with E-state index >= 15 is 0 Å². The number of halogens is 5. The number of nitrogens with zero attached hydrogens (tertiary/aromatic N) is 2. The third-order valence-corrected chi connectivity index (χ3v) is 9.03. The van der Waals surface area contributed by atoms with Gasteiger partial charge in [0.2, 0.25) is 0 Å². The Balaban J connectivity index is 1.94. The Hall–Kier alpha value is -3.82. The minimum atomic E-state index is -5.03. The summed E-state index contributed by atoms with van der Waals surface area (Å²) in [6, 6.07) is 10.9. The number of aromatic nitrogens is 1. The van der Waals surface area contributed by atoms with Crippen molar-refractivity contribution >= 4 is 21.2 Å². The molecule has 0 atom stereocenters. The maximum Gasteiger partial charge on any atom is 0.417 e. The van der Waals surface area contributed by atoms with Crippen LogP contribution >= 0.6 is 11.3 Å². The second-order valence-electron chi connectivity index (χ2n) is 8.88. The molecule has 4 aromatic rings. The second-order valence-corrected chi connectivity index (χ2v) is 12.1. The topological polar surface area (TPSA) is 79.9 Å². The summed E-state index contributed by atoms with van der Waals surface area (Å²) in [4.78, 5) is 13.5. The quantitative estimate of drug-likeness (QED) is 0.221. The van der Waals surface area contributed by atoms with Gasteiger partial charge in [-0.2, -0.15) is 18.4 Å². The first-order valence-corrected chi connectivity index (χ1v) is 14.5. The molecule has 0 saturated carbocycles. The zero-order valence-electron chi connectivity index (χ0n) is 21.1. The van der Waals surface area contributed by atoms with E-state index in [0.717, 1.165) is 33.6 Å². The number of aryl methyl sites for hydroxylation is 1. The van der Waals surface area contributed by atoms with E-state index in [4.69, 9.17) is 0 Å². The van der Waals surface area contributed by atoms with Gasteiger partial charge in [-0.3, -0.25) is 4.79 Å². The van der Waals surface area contributed by atoms with Crippen molar-refractivity contribution in [2.75, 3.05) is 5.75 Å². The Morgan fingerprint density at radius 3 is 2.33 bits per heavy atom. The smallest absolute Gasteiger partial charge is 0.302 e. The summed E-state index contributed by atoms with van der Waals surface area (Å²) < 4.78 is 95.5. The molecule has 0 saturated heterocycles. The van der Waals surface area contributed by atoms with Crippen LogP contribution in [-0.2, 0) is 29.0 Å². The molecule has 2 heterocycles. The minimum absolute atomic E-state index is 0.110. The molecule has 0 amide bonds. The fourth-order valence-corrected chi connectivity index (χ4v) is 6.07. The van der Waals surface area contributed by atoms with Crippen molar-refractivity contribution in [2.24, 2.45) is 0 Å². The van der Waals surface area contributed by atoms with Crippen LogP contribution in [0.1, 0.15) is 36.1 Å². The molecular formula is C28H21F5N2O3S2. The summed E-state index contributed by atoms with van der Waals surface area (Å²) in [7, 11) is -3.55. The Bertz CT molecular complexity index is 1820. The van der Waals surface area contributed by atoms with E-state index in [-0.39, 0.29) is 26.8 Å². The van der Waals surface area contributed by atoms with Gasteiger partial charge >= 0.3 is 6.18 Å². The summed E-state index contributed by atoms with van der Waals surface area (Å²) in [5.74, 6) is -2.00. The van der Waals surface area contributed by atoms with E-state index in [2.05, 4.69) is 0 Å². The zero-order valence-corrected chi connectivity index (χ0v) is 22.8. The van der Waals surface area contributed by atoms with Crippen LogP contribution in [0.2, 0.25) is 0 Å². The summed E-state index contributed by atoms with van der Waals surface area (Å²) in [5, 5.41) is 11.0. The molecule has 12 heteroatoms.